The second kappa shape index (κ2) is 6.34. The van der Waals surface area contributed by atoms with Gasteiger partial charge in [0.2, 0.25) is 0 Å². The maximum Gasteiger partial charge on any atom is 0.0537 e. The molecule has 2 rings (SSSR count). The summed E-state index contributed by atoms with van der Waals surface area (Å²) in [7, 11) is 0. The van der Waals surface area contributed by atoms with Crippen LogP contribution in [0.25, 0.3) is 0 Å². The average Bonchev–Trinajstić information content (AvgIpc) is 3.04. The SMILES string of the molecule is CCn1cc(C(C)NCC2CCCC2CO)cn1. The lowest BCUT2D eigenvalue weighted by Gasteiger charge is -2.20. The number of rotatable bonds is 6. The molecule has 0 saturated heterocycles. The van der Waals surface area contributed by atoms with Crippen molar-refractivity contribution in [3.05, 3.63) is 18.0 Å². The molecular weight excluding hydrogens is 226 g/mol. The number of aliphatic hydroxyl groups is 1. The zero-order valence-electron chi connectivity index (χ0n) is 11.5. The van der Waals surface area contributed by atoms with Gasteiger partial charge in [-0.25, -0.2) is 0 Å². The second-order valence-electron chi connectivity index (χ2n) is 5.39. The second-order valence-corrected chi connectivity index (χ2v) is 5.39. The van der Waals surface area contributed by atoms with Crippen molar-refractivity contribution in [3.8, 4) is 0 Å². The van der Waals surface area contributed by atoms with Crippen LogP contribution in [0.3, 0.4) is 0 Å². The summed E-state index contributed by atoms with van der Waals surface area (Å²) in [6, 6.07) is 0.338. The molecule has 4 nitrogen and oxygen atoms in total. The highest BCUT2D eigenvalue weighted by molar-refractivity contribution is 5.09. The summed E-state index contributed by atoms with van der Waals surface area (Å²) in [5.41, 5.74) is 1.25. The monoisotopic (exact) mass is 251 g/mol. The van der Waals surface area contributed by atoms with Gasteiger partial charge in [0.15, 0.2) is 0 Å². The molecule has 1 aliphatic rings. The summed E-state index contributed by atoms with van der Waals surface area (Å²) < 4.78 is 1.96. The van der Waals surface area contributed by atoms with E-state index >= 15 is 0 Å². The van der Waals surface area contributed by atoms with Crippen LogP contribution in [0.5, 0.6) is 0 Å². The molecule has 18 heavy (non-hydrogen) atoms. The molecule has 3 atom stereocenters. The molecule has 0 amide bonds. The Kier molecular flexibility index (Phi) is 4.78. The van der Waals surface area contributed by atoms with E-state index in [1.807, 2.05) is 10.9 Å². The first-order valence-corrected chi connectivity index (χ1v) is 7.11. The third-order valence-corrected chi connectivity index (χ3v) is 4.21. The molecule has 0 spiro atoms. The van der Waals surface area contributed by atoms with Gasteiger partial charge >= 0.3 is 0 Å². The highest BCUT2D eigenvalue weighted by atomic mass is 16.3. The maximum atomic E-state index is 9.31. The van der Waals surface area contributed by atoms with E-state index in [2.05, 4.69) is 30.5 Å². The molecule has 2 N–H and O–H groups in total. The Balaban J connectivity index is 1.82. The number of hydrogen-bond donors (Lipinski definition) is 2. The standard InChI is InChI=1S/C14H25N3O/c1-3-17-9-14(8-16-17)11(2)15-7-12-5-4-6-13(12)10-18/h8-9,11-13,15,18H,3-7,10H2,1-2H3. The van der Waals surface area contributed by atoms with Gasteiger partial charge in [-0.3, -0.25) is 4.68 Å². The Labute approximate surface area is 109 Å². The molecular formula is C14H25N3O. The lowest BCUT2D eigenvalue weighted by Crippen LogP contribution is -2.28. The largest absolute Gasteiger partial charge is 0.396 e. The van der Waals surface area contributed by atoms with Crippen molar-refractivity contribution >= 4 is 0 Å². The predicted molar refractivity (Wildman–Crippen MR) is 72.2 cm³/mol. The minimum atomic E-state index is 0.338. The van der Waals surface area contributed by atoms with E-state index < -0.39 is 0 Å². The molecule has 0 bridgehead atoms. The van der Waals surface area contributed by atoms with Crippen LogP contribution >= 0.6 is 0 Å². The zero-order valence-corrected chi connectivity index (χ0v) is 11.5. The minimum absolute atomic E-state index is 0.338. The van der Waals surface area contributed by atoms with Crippen molar-refractivity contribution in [1.82, 2.24) is 15.1 Å². The first-order chi connectivity index (χ1) is 8.74. The molecule has 102 valence electrons. The summed E-state index contributed by atoms with van der Waals surface area (Å²) in [4.78, 5) is 0. The number of nitrogens with zero attached hydrogens (tertiary/aromatic N) is 2. The van der Waals surface area contributed by atoms with Crippen LogP contribution in [0, 0.1) is 11.8 Å². The summed E-state index contributed by atoms with van der Waals surface area (Å²) in [6.07, 6.45) is 7.75. The van der Waals surface area contributed by atoms with Gasteiger partial charge < -0.3 is 10.4 Å². The number of aromatic nitrogens is 2. The van der Waals surface area contributed by atoms with Gasteiger partial charge in [-0.2, -0.15) is 5.10 Å². The van der Waals surface area contributed by atoms with Crippen LogP contribution in [0.4, 0.5) is 0 Å². The number of hydrogen-bond acceptors (Lipinski definition) is 3. The Bertz CT molecular complexity index is 364. The molecule has 1 aliphatic carbocycles. The van der Waals surface area contributed by atoms with Crippen LogP contribution < -0.4 is 5.32 Å². The molecule has 1 aromatic heterocycles. The van der Waals surface area contributed by atoms with Gasteiger partial charge in [0, 0.05) is 31.0 Å². The average molecular weight is 251 g/mol. The Morgan fingerprint density at radius 2 is 2.28 bits per heavy atom. The van der Waals surface area contributed by atoms with Gasteiger partial charge in [0.25, 0.3) is 0 Å². The van der Waals surface area contributed by atoms with Crippen LogP contribution in [0.2, 0.25) is 0 Å². The highest BCUT2D eigenvalue weighted by Gasteiger charge is 2.26. The molecule has 1 aromatic rings. The van der Waals surface area contributed by atoms with Crippen molar-refractivity contribution in [3.63, 3.8) is 0 Å². The molecule has 0 aliphatic heterocycles. The van der Waals surface area contributed by atoms with E-state index in [-0.39, 0.29) is 0 Å². The van der Waals surface area contributed by atoms with Gasteiger partial charge in [0.1, 0.15) is 0 Å². The van der Waals surface area contributed by atoms with Crippen molar-refractivity contribution in [2.45, 2.75) is 45.7 Å². The topological polar surface area (TPSA) is 50.1 Å². The quantitative estimate of drug-likeness (QED) is 0.812. The van der Waals surface area contributed by atoms with E-state index in [0.717, 1.165) is 13.1 Å². The first-order valence-electron chi connectivity index (χ1n) is 7.11. The number of aryl methyl sites for hydroxylation is 1. The summed E-state index contributed by atoms with van der Waals surface area (Å²) >= 11 is 0. The van der Waals surface area contributed by atoms with Gasteiger partial charge in [-0.05, 0) is 45.1 Å². The Morgan fingerprint density at radius 3 is 2.94 bits per heavy atom. The number of aliphatic hydroxyl groups excluding tert-OH is 1. The molecule has 1 heterocycles. The van der Waals surface area contributed by atoms with Crippen LogP contribution in [-0.4, -0.2) is 28.0 Å². The van der Waals surface area contributed by atoms with Crippen molar-refractivity contribution in [1.29, 1.82) is 0 Å². The van der Waals surface area contributed by atoms with E-state index in [9.17, 15) is 5.11 Å². The van der Waals surface area contributed by atoms with E-state index in [4.69, 9.17) is 0 Å². The first kappa shape index (κ1) is 13.6. The number of nitrogens with one attached hydrogen (secondary N) is 1. The van der Waals surface area contributed by atoms with Crippen molar-refractivity contribution < 1.29 is 5.11 Å². The third kappa shape index (κ3) is 3.12. The van der Waals surface area contributed by atoms with E-state index in [1.165, 1.54) is 24.8 Å². The fourth-order valence-corrected chi connectivity index (χ4v) is 2.84. The van der Waals surface area contributed by atoms with E-state index in [0.29, 0.717) is 24.5 Å². The van der Waals surface area contributed by atoms with Gasteiger partial charge in [-0.15, -0.1) is 0 Å². The summed E-state index contributed by atoms with van der Waals surface area (Å²) in [6.45, 7) is 6.54. The molecule has 0 aromatic carbocycles. The zero-order chi connectivity index (χ0) is 13.0. The van der Waals surface area contributed by atoms with E-state index in [1.54, 1.807) is 0 Å². The molecule has 3 unspecified atom stereocenters. The molecule has 1 fully saturated rings. The predicted octanol–water partition coefficient (Wildman–Crippen LogP) is 1.96. The maximum absolute atomic E-state index is 9.31. The van der Waals surface area contributed by atoms with Crippen LogP contribution in [0.15, 0.2) is 12.4 Å². The lowest BCUT2D eigenvalue weighted by atomic mass is 9.96. The Hall–Kier alpha value is -0.870. The minimum Gasteiger partial charge on any atom is -0.396 e. The summed E-state index contributed by atoms with van der Waals surface area (Å²) in [5.74, 6) is 1.14. The smallest absolute Gasteiger partial charge is 0.0537 e. The van der Waals surface area contributed by atoms with Crippen molar-refractivity contribution in [2.24, 2.45) is 11.8 Å². The lowest BCUT2D eigenvalue weighted by molar-refractivity contribution is 0.190. The van der Waals surface area contributed by atoms with Gasteiger partial charge in [-0.1, -0.05) is 6.42 Å². The molecule has 0 radical (unpaired) electrons. The summed E-state index contributed by atoms with van der Waals surface area (Å²) in [5, 5.41) is 17.2. The highest BCUT2D eigenvalue weighted by Crippen LogP contribution is 2.31. The normalized spacial score (nSPS) is 25.5. The molecule has 4 heteroatoms. The fourth-order valence-electron chi connectivity index (χ4n) is 2.84. The van der Waals surface area contributed by atoms with Gasteiger partial charge in [0.05, 0.1) is 6.20 Å². The van der Waals surface area contributed by atoms with Crippen LogP contribution in [-0.2, 0) is 6.54 Å². The Morgan fingerprint density at radius 1 is 1.50 bits per heavy atom. The van der Waals surface area contributed by atoms with Crippen molar-refractivity contribution in [2.75, 3.05) is 13.2 Å². The molecule has 1 saturated carbocycles. The fraction of sp³-hybridized carbons (Fsp3) is 0.786. The third-order valence-electron chi connectivity index (χ3n) is 4.21. The van der Waals surface area contributed by atoms with Crippen LogP contribution in [0.1, 0.15) is 44.7 Å².